The van der Waals surface area contributed by atoms with E-state index in [0.29, 0.717) is 17.9 Å². The summed E-state index contributed by atoms with van der Waals surface area (Å²) >= 11 is 0. The molecule has 1 aliphatic rings. The lowest BCUT2D eigenvalue weighted by molar-refractivity contribution is -0.127. The molecule has 0 saturated carbocycles. The highest BCUT2D eigenvalue weighted by Gasteiger charge is 2.33. The van der Waals surface area contributed by atoms with Gasteiger partial charge in [0.15, 0.2) is 0 Å². The molecule has 0 unspecified atom stereocenters. The minimum absolute atomic E-state index is 0.0872. The Balaban J connectivity index is 1.51. The van der Waals surface area contributed by atoms with E-state index in [1.165, 1.54) is 6.08 Å². The van der Waals surface area contributed by atoms with E-state index < -0.39 is 0 Å². The van der Waals surface area contributed by atoms with Crippen LogP contribution in [0.4, 0.5) is 5.82 Å². The maximum Gasteiger partial charge on any atom is 0.256 e. The minimum atomic E-state index is -0.234. The molecule has 1 saturated heterocycles. The monoisotopic (exact) mass is 452 g/mol. The van der Waals surface area contributed by atoms with Crippen molar-refractivity contribution in [2.75, 3.05) is 11.9 Å². The van der Waals surface area contributed by atoms with Gasteiger partial charge in [-0.25, -0.2) is 9.97 Å². The van der Waals surface area contributed by atoms with E-state index in [4.69, 9.17) is 4.98 Å². The summed E-state index contributed by atoms with van der Waals surface area (Å²) in [6.07, 6.45) is 8.32. The second-order valence-electron chi connectivity index (χ2n) is 8.23. The summed E-state index contributed by atoms with van der Waals surface area (Å²) in [6, 6.07) is 12.5. The third kappa shape index (κ3) is 3.83. The fourth-order valence-corrected chi connectivity index (χ4v) is 4.47. The molecule has 8 nitrogen and oxygen atoms in total. The molecule has 170 valence electrons. The van der Waals surface area contributed by atoms with Crippen LogP contribution in [-0.4, -0.2) is 42.6 Å². The Bertz CT molecular complexity index is 1380. The molecule has 0 bridgehead atoms. The highest BCUT2D eigenvalue weighted by Crippen LogP contribution is 2.35. The summed E-state index contributed by atoms with van der Waals surface area (Å²) in [5.74, 6) is 0.992. The molecule has 1 aromatic carbocycles. The van der Waals surface area contributed by atoms with Gasteiger partial charge in [-0.3, -0.25) is 19.0 Å². The lowest BCUT2D eigenvalue weighted by Gasteiger charge is -2.22. The van der Waals surface area contributed by atoms with E-state index in [9.17, 15) is 9.59 Å². The Morgan fingerprint density at radius 1 is 1.15 bits per heavy atom. The van der Waals surface area contributed by atoms with Gasteiger partial charge in [0.05, 0.1) is 23.4 Å². The fourth-order valence-electron chi connectivity index (χ4n) is 4.47. The first-order valence-corrected chi connectivity index (χ1v) is 11.2. The average molecular weight is 453 g/mol. The lowest BCUT2D eigenvalue weighted by Crippen LogP contribution is -2.30. The zero-order valence-corrected chi connectivity index (χ0v) is 18.8. The number of nitrogens with zero attached hydrogens (tertiary/aromatic N) is 5. The summed E-state index contributed by atoms with van der Waals surface area (Å²) < 4.78 is 2.07. The number of hydrogen-bond acceptors (Lipinski definition) is 5. The van der Waals surface area contributed by atoms with Crippen molar-refractivity contribution in [1.29, 1.82) is 0 Å². The number of carbonyl (C=O) groups is 2. The van der Waals surface area contributed by atoms with Gasteiger partial charge in [0.25, 0.3) is 5.91 Å². The number of aromatic nitrogens is 4. The highest BCUT2D eigenvalue weighted by molar-refractivity contribution is 6.04. The maximum absolute atomic E-state index is 12.6. The standard InChI is InChI=1S/C26H24N6O2/c1-3-23(33)31-14-6-7-20(31)25-30-24(21-16-27-15-17(2)32(21)25)18-9-11-19(12-10-18)26(34)29-22-8-4-5-13-28-22/h3-5,8-13,15-16,20H,1,6-7,14H2,2H3,(H,28,29,34)/t20-/m0/s1. The van der Waals surface area contributed by atoms with Crippen LogP contribution in [0.15, 0.2) is 73.7 Å². The number of nitrogens with one attached hydrogen (secondary N) is 1. The number of benzene rings is 1. The molecule has 0 radical (unpaired) electrons. The predicted molar refractivity (Wildman–Crippen MR) is 129 cm³/mol. The molecule has 34 heavy (non-hydrogen) atoms. The molecule has 5 rings (SSSR count). The summed E-state index contributed by atoms with van der Waals surface area (Å²) in [5.41, 5.74) is 3.95. The van der Waals surface area contributed by atoms with Gasteiger partial charge in [-0.05, 0) is 50.1 Å². The van der Waals surface area contributed by atoms with Crippen LogP contribution >= 0.6 is 0 Å². The molecule has 4 aromatic rings. The number of amides is 2. The van der Waals surface area contributed by atoms with Crippen molar-refractivity contribution < 1.29 is 9.59 Å². The normalized spacial score (nSPS) is 15.4. The quantitative estimate of drug-likeness (QED) is 0.458. The molecule has 1 fully saturated rings. The van der Waals surface area contributed by atoms with E-state index in [0.717, 1.165) is 41.1 Å². The Morgan fingerprint density at radius 3 is 2.71 bits per heavy atom. The number of carbonyl (C=O) groups excluding carboxylic acids is 2. The molecule has 0 spiro atoms. The van der Waals surface area contributed by atoms with Crippen LogP contribution in [0.5, 0.6) is 0 Å². The molecule has 2 amide bonds. The first-order chi connectivity index (χ1) is 16.6. The van der Waals surface area contributed by atoms with Crippen LogP contribution in [-0.2, 0) is 4.79 Å². The molecule has 8 heteroatoms. The Labute approximate surface area is 197 Å². The SMILES string of the molecule is C=CC(=O)N1CCC[C@H]1c1nc(-c2ccc(C(=O)Nc3ccccn3)cc2)c2cncc(C)n12. The molecule has 3 aromatic heterocycles. The van der Waals surface area contributed by atoms with Crippen molar-refractivity contribution >= 4 is 23.1 Å². The Hall–Kier alpha value is -4.33. The number of hydrogen-bond donors (Lipinski definition) is 1. The van der Waals surface area contributed by atoms with E-state index >= 15 is 0 Å². The summed E-state index contributed by atoms with van der Waals surface area (Å²) in [7, 11) is 0. The van der Waals surface area contributed by atoms with Gasteiger partial charge in [-0.15, -0.1) is 0 Å². The smallest absolute Gasteiger partial charge is 0.256 e. The summed E-state index contributed by atoms with van der Waals surface area (Å²) in [5, 5.41) is 2.79. The number of pyridine rings is 1. The first-order valence-electron chi connectivity index (χ1n) is 11.2. The molecule has 1 aliphatic heterocycles. The van der Waals surface area contributed by atoms with E-state index in [1.54, 1.807) is 42.9 Å². The summed E-state index contributed by atoms with van der Waals surface area (Å²) in [6.45, 7) is 6.32. The highest BCUT2D eigenvalue weighted by atomic mass is 16.2. The van der Waals surface area contributed by atoms with Gasteiger partial charge in [-0.2, -0.15) is 0 Å². The van der Waals surface area contributed by atoms with Crippen LogP contribution in [0, 0.1) is 6.92 Å². The van der Waals surface area contributed by atoms with Crippen molar-refractivity contribution in [3.63, 3.8) is 0 Å². The lowest BCUT2D eigenvalue weighted by atomic mass is 10.1. The number of fused-ring (bicyclic) bond motifs is 1. The fraction of sp³-hybridized carbons (Fsp3) is 0.192. The molecule has 0 aliphatic carbocycles. The van der Waals surface area contributed by atoms with Crippen LogP contribution < -0.4 is 5.32 Å². The van der Waals surface area contributed by atoms with Gasteiger partial charge in [0.1, 0.15) is 11.6 Å². The van der Waals surface area contributed by atoms with Crippen LogP contribution in [0.3, 0.4) is 0 Å². The van der Waals surface area contributed by atoms with Gasteiger partial charge in [0, 0.05) is 35.8 Å². The zero-order valence-electron chi connectivity index (χ0n) is 18.8. The van der Waals surface area contributed by atoms with Gasteiger partial charge in [-0.1, -0.05) is 24.8 Å². The van der Waals surface area contributed by atoms with Crippen LogP contribution in [0.2, 0.25) is 0 Å². The molecule has 4 heterocycles. The minimum Gasteiger partial charge on any atom is -0.329 e. The van der Waals surface area contributed by atoms with Gasteiger partial charge < -0.3 is 10.2 Å². The maximum atomic E-state index is 12.6. The predicted octanol–water partition coefficient (Wildman–Crippen LogP) is 4.20. The van der Waals surface area contributed by atoms with Gasteiger partial charge in [0.2, 0.25) is 5.91 Å². The van der Waals surface area contributed by atoms with Crippen molar-refractivity contribution in [2.45, 2.75) is 25.8 Å². The van der Waals surface area contributed by atoms with Crippen molar-refractivity contribution in [1.82, 2.24) is 24.3 Å². The van der Waals surface area contributed by atoms with Crippen molar-refractivity contribution in [3.05, 3.63) is 90.8 Å². The largest absolute Gasteiger partial charge is 0.329 e. The van der Waals surface area contributed by atoms with E-state index in [-0.39, 0.29) is 17.9 Å². The number of likely N-dealkylation sites (tertiary alicyclic amines) is 1. The number of aryl methyl sites for hydroxylation is 1. The molecular formula is C26H24N6O2. The zero-order chi connectivity index (χ0) is 23.7. The van der Waals surface area contributed by atoms with E-state index in [1.807, 2.05) is 30.0 Å². The third-order valence-corrected chi connectivity index (χ3v) is 6.09. The van der Waals surface area contributed by atoms with Crippen LogP contribution in [0.1, 0.15) is 40.8 Å². The topological polar surface area (TPSA) is 92.5 Å². The van der Waals surface area contributed by atoms with Gasteiger partial charge >= 0.3 is 0 Å². The molecular weight excluding hydrogens is 428 g/mol. The molecule has 1 atom stereocenters. The van der Waals surface area contributed by atoms with Crippen molar-refractivity contribution in [2.24, 2.45) is 0 Å². The second kappa shape index (κ2) is 8.90. The number of rotatable bonds is 5. The Morgan fingerprint density at radius 2 is 1.97 bits per heavy atom. The van der Waals surface area contributed by atoms with E-state index in [2.05, 4.69) is 26.3 Å². The summed E-state index contributed by atoms with van der Waals surface area (Å²) in [4.78, 5) is 40.4. The second-order valence-corrected chi connectivity index (χ2v) is 8.23. The Kier molecular flexibility index (Phi) is 5.63. The third-order valence-electron chi connectivity index (χ3n) is 6.09. The number of imidazole rings is 1. The van der Waals surface area contributed by atoms with Crippen LogP contribution in [0.25, 0.3) is 16.8 Å². The molecule has 1 N–H and O–H groups in total. The first kappa shape index (κ1) is 21.5. The van der Waals surface area contributed by atoms with Crippen molar-refractivity contribution in [3.8, 4) is 11.3 Å². The average Bonchev–Trinajstić information content (AvgIpc) is 3.50. The number of anilines is 1.